The van der Waals surface area contributed by atoms with E-state index >= 15 is 0 Å². The van der Waals surface area contributed by atoms with Gasteiger partial charge in [-0.05, 0) is 12.1 Å². The van der Waals surface area contributed by atoms with Crippen molar-refractivity contribution in [3.63, 3.8) is 0 Å². The Morgan fingerprint density at radius 2 is 2.27 bits per heavy atom. The molecule has 116 valence electrons. The Hall–Kier alpha value is -2.10. The number of nitro groups is 1. The van der Waals surface area contributed by atoms with Gasteiger partial charge < -0.3 is 4.74 Å². The molecule has 0 atom stereocenters. The molecule has 0 saturated heterocycles. The number of benzene rings is 1. The van der Waals surface area contributed by atoms with Gasteiger partial charge in [-0.15, -0.1) is 10.2 Å². The van der Waals surface area contributed by atoms with Crippen LogP contribution >= 0.6 is 22.9 Å². The number of halogens is 1. The van der Waals surface area contributed by atoms with E-state index in [-0.39, 0.29) is 16.3 Å². The van der Waals surface area contributed by atoms with Gasteiger partial charge in [-0.3, -0.25) is 20.2 Å². The van der Waals surface area contributed by atoms with Crippen LogP contribution in [0.15, 0.2) is 18.2 Å². The predicted molar refractivity (Wildman–Crippen MR) is 81.5 cm³/mol. The Balaban J connectivity index is 2.07. The first kappa shape index (κ1) is 16.3. The summed E-state index contributed by atoms with van der Waals surface area (Å²) in [7, 11) is 1.59. The summed E-state index contributed by atoms with van der Waals surface area (Å²) in [6.45, 7) is 0.514. The topological polar surface area (TPSA) is 107 Å². The molecule has 0 saturated carbocycles. The highest BCUT2D eigenvalue weighted by Crippen LogP contribution is 2.25. The van der Waals surface area contributed by atoms with Crippen LogP contribution in [-0.2, 0) is 11.2 Å². The van der Waals surface area contributed by atoms with E-state index in [1.165, 1.54) is 29.5 Å². The average molecular weight is 343 g/mol. The number of rotatable bonds is 6. The minimum atomic E-state index is -0.614. The highest BCUT2D eigenvalue weighted by Gasteiger charge is 2.16. The van der Waals surface area contributed by atoms with Crippen molar-refractivity contribution in [3.05, 3.63) is 43.9 Å². The fraction of sp³-hybridized carbons (Fsp3) is 0.250. The number of methoxy groups -OCH3 is 1. The molecular formula is C12H11ClN4O4S. The van der Waals surface area contributed by atoms with Gasteiger partial charge in [-0.1, -0.05) is 22.9 Å². The molecule has 0 fully saturated rings. The smallest absolute Gasteiger partial charge is 0.287 e. The lowest BCUT2D eigenvalue weighted by Gasteiger charge is -2.02. The van der Waals surface area contributed by atoms with Crippen molar-refractivity contribution in [2.75, 3.05) is 19.0 Å². The van der Waals surface area contributed by atoms with E-state index in [9.17, 15) is 14.9 Å². The maximum atomic E-state index is 12.0. The average Bonchev–Trinajstić information content (AvgIpc) is 2.92. The van der Waals surface area contributed by atoms with Crippen molar-refractivity contribution in [3.8, 4) is 0 Å². The quantitative estimate of drug-likeness (QED) is 0.638. The van der Waals surface area contributed by atoms with E-state index in [1.54, 1.807) is 7.11 Å². The molecule has 22 heavy (non-hydrogen) atoms. The van der Waals surface area contributed by atoms with Gasteiger partial charge in [0.25, 0.3) is 11.6 Å². The van der Waals surface area contributed by atoms with Gasteiger partial charge in [0.2, 0.25) is 5.13 Å². The molecule has 0 aliphatic rings. The molecule has 2 aromatic rings. The van der Waals surface area contributed by atoms with Crippen LogP contribution in [0.4, 0.5) is 10.8 Å². The summed E-state index contributed by atoms with van der Waals surface area (Å²) >= 11 is 7.00. The van der Waals surface area contributed by atoms with E-state index in [0.717, 1.165) is 5.01 Å². The number of ether oxygens (including phenoxy) is 1. The number of carbonyl (C=O) groups is 1. The number of aromatic nitrogens is 2. The summed E-state index contributed by atoms with van der Waals surface area (Å²) in [6, 6.07) is 3.75. The van der Waals surface area contributed by atoms with Gasteiger partial charge in [0.15, 0.2) is 0 Å². The Kier molecular flexibility index (Phi) is 5.36. The lowest BCUT2D eigenvalue weighted by molar-refractivity contribution is -0.384. The monoisotopic (exact) mass is 342 g/mol. The number of amides is 1. The van der Waals surface area contributed by atoms with Crippen LogP contribution < -0.4 is 5.32 Å². The van der Waals surface area contributed by atoms with Crippen LogP contribution in [0, 0.1) is 10.1 Å². The minimum Gasteiger partial charge on any atom is -0.384 e. The number of nitrogens with zero attached hydrogens (tertiary/aromatic N) is 3. The Morgan fingerprint density at radius 3 is 2.91 bits per heavy atom. The van der Waals surface area contributed by atoms with Crippen molar-refractivity contribution in [2.45, 2.75) is 6.42 Å². The zero-order valence-corrected chi connectivity index (χ0v) is 13.0. The number of nitro benzene ring substituents is 1. The standard InChI is InChI=1S/C12H11ClN4O4S/c1-21-5-4-10-15-16-12(22-10)14-11(18)7-2-3-9(17(19)20)8(13)6-7/h2-3,6H,4-5H2,1H3,(H,14,16,18). The Bertz CT molecular complexity index is 706. The third kappa shape index (κ3) is 3.97. The second kappa shape index (κ2) is 7.25. The van der Waals surface area contributed by atoms with Crippen molar-refractivity contribution < 1.29 is 14.5 Å². The first-order chi connectivity index (χ1) is 10.5. The number of hydrogen-bond donors (Lipinski definition) is 1. The Labute approximate surface area is 134 Å². The molecule has 0 radical (unpaired) electrons. The molecule has 8 nitrogen and oxygen atoms in total. The van der Waals surface area contributed by atoms with Crippen molar-refractivity contribution in [1.82, 2.24) is 10.2 Å². The molecule has 1 heterocycles. The minimum absolute atomic E-state index is 0.101. The van der Waals surface area contributed by atoms with Gasteiger partial charge in [0.1, 0.15) is 10.0 Å². The van der Waals surface area contributed by atoms with Crippen molar-refractivity contribution in [2.24, 2.45) is 0 Å². The van der Waals surface area contributed by atoms with Gasteiger partial charge in [0.05, 0.1) is 11.5 Å². The summed E-state index contributed by atoms with van der Waals surface area (Å²) in [4.78, 5) is 22.1. The molecule has 0 spiro atoms. The zero-order valence-electron chi connectivity index (χ0n) is 11.4. The fourth-order valence-electron chi connectivity index (χ4n) is 1.56. The molecule has 1 N–H and O–H groups in total. The molecule has 10 heteroatoms. The molecule has 0 unspecified atom stereocenters. The first-order valence-corrected chi connectivity index (χ1v) is 7.27. The molecule has 1 aromatic heterocycles. The van der Waals surface area contributed by atoms with Gasteiger partial charge in [0, 0.05) is 25.2 Å². The summed E-state index contributed by atoms with van der Waals surface area (Å²) in [5.41, 5.74) is -0.0553. The van der Waals surface area contributed by atoms with Crippen molar-refractivity contribution >= 4 is 39.7 Å². The van der Waals surface area contributed by atoms with Crippen molar-refractivity contribution in [1.29, 1.82) is 0 Å². The summed E-state index contributed by atoms with van der Waals surface area (Å²) in [6.07, 6.45) is 0.605. The second-order valence-electron chi connectivity index (χ2n) is 4.12. The highest BCUT2D eigenvalue weighted by molar-refractivity contribution is 7.15. The summed E-state index contributed by atoms with van der Waals surface area (Å²) in [5.74, 6) is -0.466. The first-order valence-electron chi connectivity index (χ1n) is 6.08. The number of carbonyl (C=O) groups excluding carboxylic acids is 1. The van der Waals surface area contributed by atoms with E-state index in [0.29, 0.717) is 18.2 Å². The maximum Gasteiger partial charge on any atom is 0.287 e. The Morgan fingerprint density at radius 1 is 1.50 bits per heavy atom. The third-order valence-corrected chi connectivity index (χ3v) is 3.82. The number of nitrogens with one attached hydrogen (secondary N) is 1. The lowest BCUT2D eigenvalue weighted by atomic mass is 10.2. The molecule has 1 amide bonds. The van der Waals surface area contributed by atoms with Crippen LogP contribution in [0.2, 0.25) is 5.02 Å². The largest absolute Gasteiger partial charge is 0.384 e. The van der Waals surface area contributed by atoms with E-state index in [1.807, 2.05) is 0 Å². The molecule has 1 aromatic carbocycles. The normalized spacial score (nSPS) is 10.5. The number of hydrogen-bond acceptors (Lipinski definition) is 7. The van der Waals surface area contributed by atoms with Crippen LogP contribution in [0.5, 0.6) is 0 Å². The zero-order chi connectivity index (χ0) is 16.1. The SMILES string of the molecule is COCCc1nnc(NC(=O)c2ccc([N+](=O)[O-])c(Cl)c2)s1. The van der Waals surface area contributed by atoms with E-state index in [4.69, 9.17) is 16.3 Å². The van der Waals surface area contributed by atoms with Gasteiger partial charge in [-0.25, -0.2) is 0 Å². The maximum absolute atomic E-state index is 12.0. The summed E-state index contributed by atoms with van der Waals surface area (Å²) < 4.78 is 4.93. The van der Waals surface area contributed by atoms with Gasteiger partial charge >= 0.3 is 0 Å². The van der Waals surface area contributed by atoms with Crippen LogP contribution in [0.1, 0.15) is 15.4 Å². The van der Waals surface area contributed by atoms with Gasteiger partial charge in [-0.2, -0.15) is 0 Å². The molecular weight excluding hydrogens is 332 g/mol. The number of anilines is 1. The van der Waals surface area contributed by atoms with E-state index < -0.39 is 10.8 Å². The van der Waals surface area contributed by atoms with E-state index in [2.05, 4.69) is 15.5 Å². The summed E-state index contributed by atoms with van der Waals surface area (Å²) in [5, 5.41) is 22.0. The van der Waals surface area contributed by atoms with Crippen LogP contribution in [-0.4, -0.2) is 34.7 Å². The second-order valence-corrected chi connectivity index (χ2v) is 5.59. The molecule has 0 bridgehead atoms. The van der Waals surface area contributed by atoms with Crippen LogP contribution in [0.3, 0.4) is 0 Å². The molecule has 2 rings (SSSR count). The third-order valence-electron chi connectivity index (χ3n) is 2.61. The van der Waals surface area contributed by atoms with Crippen LogP contribution in [0.25, 0.3) is 0 Å². The predicted octanol–water partition coefficient (Wildman–Crippen LogP) is 2.54. The lowest BCUT2D eigenvalue weighted by Crippen LogP contribution is -2.11. The fourth-order valence-corrected chi connectivity index (χ4v) is 2.53. The molecule has 0 aliphatic carbocycles. The molecule has 0 aliphatic heterocycles. The highest BCUT2D eigenvalue weighted by atomic mass is 35.5.